The van der Waals surface area contributed by atoms with E-state index in [1.807, 2.05) is 0 Å². The molecule has 0 aliphatic carbocycles. The number of ether oxygens (including phenoxy) is 1. The molecular formula is C6H13NO2S. The third-order valence-electron chi connectivity index (χ3n) is 0.948. The number of esters is 1. The Bertz CT molecular complexity index is 97.7. The van der Waals surface area contributed by atoms with Gasteiger partial charge in [0.1, 0.15) is 0 Å². The summed E-state index contributed by atoms with van der Waals surface area (Å²) in [6, 6.07) is 0. The molecular weight excluding hydrogens is 150 g/mol. The first-order chi connectivity index (χ1) is 4.81. The molecule has 0 atom stereocenters. The predicted octanol–water partition coefficient (Wildman–Crippen LogP) is 0.937. The van der Waals surface area contributed by atoms with Gasteiger partial charge in [0.2, 0.25) is 0 Å². The molecule has 0 heterocycles. The van der Waals surface area contributed by atoms with Crippen molar-refractivity contribution in [2.75, 3.05) is 12.4 Å². The number of nitrogens with two attached hydrogens (primary N) is 1. The molecule has 0 aromatic heterocycles. The van der Waals surface area contributed by atoms with Crippen molar-refractivity contribution in [1.82, 2.24) is 0 Å². The maximum Gasteiger partial charge on any atom is 0.305 e. The molecule has 0 aromatic rings. The molecule has 2 N–H and O–H groups in total. The van der Waals surface area contributed by atoms with Crippen LogP contribution in [0.3, 0.4) is 0 Å². The van der Waals surface area contributed by atoms with Gasteiger partial charge in [0.25, 0.3) is 0 Å². The lowest BCUT2D eigenvalue weighted by Crippen LogP contribution is -2.04. The van der Waals surface area contributed by atoms with Crippen LogP contribution in [0, 0.1) is 0 Å². The van der Waals surface area contributed by atoms with E-state index in [1.54, 1.807) is 6.92 Å². The van der Waals surface area contributed by atoms with Crippen molar-refractivity contribution in [3.8, 4) is 0 Å². The highest BCUT2D eigenvalue weighted by Gasteiger charge is 1.98. The molecule has 0 aliphatic heterocycles. The van der Waals surface area contributed by atoms with Gasteiger partial charge >= 0.3 is 5.97 Å². The van der Waals surface area contributed by atoms with Gasteiger partial charge in [-0.05, 0) is 13.3 Å². The summed E-state index contributed by atoms with van der Waals surface area (Å²) >= 11 is 1.25. The standard InChI is InChI=1S/C6H13NO2S/c1-2-9-6(8)4-3-5-10-7/h2-5,7H2,1H3. The van der Waals surface area contributed by atoms with Crippen molar-refractivity contribution < 1.29 is 9.53 Å². The zero-order chi connectivity index (χ0) is 7.82. The van der Waals surface area contributed by atoms with Gasteiger partial charge < -0.3 is 4.74 Å². The summed E-state index contributed by atoms with van der Waals surface area (Å²) in [5, 5.41) is 5.15. The van der Waals surface area contributed by atoms with E-state index in [9.17, 15) is 4.79 Å². The van der Waals surface area contributed by atoms with Crippen LogP contribution in [0.25, 0.3) is 0 Å². The quantitative estimate of drug-likeness (QED) is 0.372. The lowest BCUT2D eigenvalue weighted by Gasteiger charge is -1.98. The fourth-order valence-electron chi connectivity index (χ4n) is 0.533. The fourth-order valence-corrected chi connectivity index (χ4v) is 0.844. The van der Waals surface area contributed by atoms with Crippen molar-refractivity contribution >= 4 is 17.9 Å². The maximum absolute atomic E-state index is 10.6. The fraction of sp³-hybridized carbons (Fsp3) is 0.833. The smallest absolute Gasteiger partial charge is 0.305 e. The van der Waals surface area contributed by atoms with Gasteiger partial charge in [0.15, 0.2) is 0 Å². The summed E-state index contributed by atoms with van der Waals surface area (Å²) in [6.07, 6.45) is 1.29. The van der Waals surface area contributed by atoms with Crippen LogP contribution in [0.1, 0.15) is 19.8 Å². The zero-order valence-electron chi connectivity index (χ0n) is 6.13. The van der Waals surface area contributed by atoms with Crippen molar-refractivity contribution in [1.29, 1.82) is 0 Å². The van der Waals surface area contributed by atoms with E-state index >= 15 is 0 Å². The van der Waals surface area contributed by atoms with Crippen molar-refractivity contribution in [2.24, 2.45) is 5.14 Å². The molecule has 0 saturated carbocycles. The number of rotatable bonds is 5. The van der Waals surface area contributed by atoms with Crippen LogP contribution in [0.15, 0.2) is 0 Å². The molecule has 3 nitrogen and oxygen atoms in total. The molecule has 0 rings (SSSR count). The van der Waals surface area contributed by atoms with Gasteiger partial charge in [-0.2, -0.15) is 0 Å². The Balaban J connectivity index is 3.05. The molecule has 0 spiro atoms. The molecule has 0 fully saturated rings. The Kier molecular flexibility index (Phi) is 6.74. The second kappa shape index (κ2) is 6.89. The molecule has 0 unspecified atom stereocenters. The average Bonchev–Trinajstić information content (AvgIpc) is 1.89. The minimum atomic E-state index is -0.128. The topological polar surface area (TPSA) is 52.3 Å². The van der Waals surface area contributed by atoms with E-state index in [-0.39, 0.29) is 5.97 Å². The molecule has 0 saturated heterocycles. The SMILES string of the molecule is CCOC(=O)CCCSN. The third kappa shape index (κ3) is 5.91. The summed E-state index contributed by atoms with van der Waals surface area (Å²) in [4.78, 5) is 10.6. The molecule has 0 amide bonds. The molecule has 0 radical (unpaired) electrons. The van der Waals surface area contributed by atoms with Crippen LogP contribution < -0.4 is 5.14 Å². The molecule has 0 aliphatic rings. The number of carbonyl (C=O) groups is 1. The number of carbonyl (C=O) groups excluding carboxylic acids is 1. The summed E-state index contributed by atoms with van der Waals surface area (Å²) in [6.45, 7) is 2.27. The van der Waals surface area contributed by atoms with Crippen LogP contribution in [-0.2, 0) is 9.53 Å². The molecule has 0 bridgehead atoms. The Morgan fingerprint density at radius 2 is 2.40 bits per heavy atom. The molecule has 10 heavy (non-hydrogen) atoms. The predicted molar refractivity (Wildman–Crippen MR) is 42.5 cm³/mol. The van der Waals surface area contributed by atoms with Gasteiger partial charge in [-0.25, -0.2) is 0 Å². The molecule has 4 heteroatoms. The highest BCUT2D eigenvalue weighted by molar-refractivity contribution is 7.97. The van der Waals surface area contributed by atoms with Crippen LogP contribution in [-0.4, -0.2) is 18.3 Å². The Morgan fingerprint density at radius 3 is 2.90 bits per heavy atom. The van der Waals surface area contributed by atoms with E-state index in [0.717, 1.165) is 12.2 Å². The van der Waals surface area contributed by atoms with Crippen LogP contribution in [0.4, 0.5) is 0 Å². The van der Waals surface area contributed by atoms with Crippen molar-refractivity contribution in [3.05, 3.63) is 0 Å². The van der Waals surface area contributed by atoms with Crippen LogP contribution >= 0.6 is 11.9 Å². The molecule has 60 valence electrons. The maximum atomic E-state index is 10.6. The average molecular weight is 163 g/mol. The van der Waals surface area contributed by atoms with Crippen molar-refractivity contribution in [3.63, 3.8) is 0 Å². The minimum absolute atomic E-state index is 0.128. The highest BCUT2D eigenvalue weighted by Crippen LogP contribution is 1.97. The van der Waals surface area contributed by atoms with E-state index < -0.39 is 0 Å². The zero-order valence-corrected chi connectivity index (χ0v) is 6.95. The van der Waals surface area contributed by atoms with Gasteiger partial charge in [0, 0.05) is 12.2 Å². The van der Waals surface area contributed by atoms with E-state index in [2.05, 4.69) is 0 Å². The summed E-state index contributed by atoms with van der Waals surface area (Å²) < 4.78 is 4.70. The Morgan fingerprint density at radius 1 is 1.70 bits per heavy atom. The third-order valence-corrected chi connectivity index (χ3v) is 1.47. The second-order valence-corrected chi connectivity index (χ2v) is 2.52. The van der Waals surface area contributed by atoms with Gasteiger partial charge in [-0.3, -0.25) is 9.93 Å². The first-order valence-corrected chi connectivity index (χ1v) is 4.33. The summed E-state index contributed by atoms with van der Waals surface area (Å²) in [5.74, 6) is 0.690. The van der Waals surface area contributed by atoms with E-state index in [0.29, 0.717) is 13.0 Å². The minimum Gasteiger partial charge on any atom is -0.466 e. The Labute approximate surface area is 65.4 Å². The van der Waals surface area contributed by atoms with E-state index in [4.69, 9.17) is 9.88 Å². The van der Waals surface area contributed by atoms with Crippen molar-refractivity contribution in [2.45, 2.75) is 19.8 Å². The number of hydrogen-bond donors (Lipinski definition) is 1. The highest BCUT2D eigenvalue weighted by atomic mass is 32.2. The van der Waals surface area contributed by atoms with E-state index in [1.165, 1.54) is 11.9 Å². The normalized spacial score (nSPS) is 9.40. The summed E-state index contributed by atoms with van der Waals surface area (Å²) in [7, 11) is 0. The van der Waals surface area contributed by atoms with Gasteiger partial charge in [-0.15, -0.1) is 0 Å². The first-order valence-electron chi connectivity index (χ1n) is 3.28. The number of hydrogen-bond acceptors (Lipinski definition) is 4. The Hall–Kier alpha value is -0.220. The lowest BCUT2D eigenvalue weighted by atomic mass is 10.3. The van der Waals surface area contributed by atoms with Crippen LogP contribution in [0.2, 0.25) is 0 Å². The van der Waals surface area contributed by atoms with Crippen LogP contribution in [0.5, 0.6) is 0 Å². The lowest BCUT2D eigenvalue weighted by molar-refractivity contribution is -0.143. The summed E-state index contributed by atoms with van der Waals surface area (Å²) in [5.41, 5.74) is 0. The molecule has 0 aromatic carbocycles. The van der Waals surface area contributed by atoms with Gasteiger partial charge in [-0.1, -0.05) is 11.9 Å². The second-order valence-electron chi connectivity index (χ2n) is 1.78. The van der Waals surface area contributed by atoms with Gasteiger partial charge in [0.05, 0.1) is 6.61 Å². The monoisotopic (exact) mass is 163 g/mol. The largest absolute Gasteiger partial charge is 0.466 e. The first kappa shape index (κ1) is 9.78.